The molecule has 0 fully saturated rings. The van der Waals surface area contributed by atoms with E-state index in [0.717, 1.165) is 6.42 Å². The van der Waals surface area contributed by atoms with Gasteiger partial charge in [-0.15, -0.1) is 0 Å². The van der Waals surface area contributed by atoms with Gasteiger partial charge in [0.25, 0.3) is 0 Å². The van der Waals surface area contributed by atoms with Gasteiger partial charge in [0.05, 0.1) is 0 Å². The smallest absolute Gasteiger partial charge is 0.347 e. The van der Waals surface area contributed by atoms with Crippen LogP contribution in [-0.2, 0) is 11.2 Å². The van der Waals surface area contributed by atoms with Gasteiger partial charge < -0.3 is 9.84 Å². The topological polar surface area (TPSA) is 46.5 Å². The van der Waals surface area contributed by atoms with Crippen LogP contribution in [-0.4, -0.2) is 16.7 Å². The standard InChI is InChI=1S/C25H40O3/c1-4-5-6-7-8-9-10-11-12-13-14-15-16-18-22-19-17-20-23(21-22)28-25(2,3)24(26)27/h9-10,17,19-21H,4-8,11-16,18H2,1-3H3,(H,26,27)/b10-9-. The van der Waals surface area contributed by atoms with Crippen molar-refractivity contribution in [1.82, 2.24) is 0 Å². The summed E-state index contributed by atoms with van der Waals surface area (Å²) in [5, 5.41) is 9.18. The summed E-state index contributed by atoms with van der Waals surface area (Å²) >= 11 is 0. The summed E-state index contributed by atoms with van der Waals surface area (Å²) in [7, 11) is 0. The van der Waals surface area contributed by atoms with E-state index in [9.17, 15) is 9.90 Å². The van der Waals surface area contributed by atoms with Crippen LogP contribution in [0.2, 0.25) is 0 Å². The lowest BCUT2D eigenvalue weighted by Gasteiger charge is -2.21. The molecule has 0 heterocycles. The van der Waals surface area contributed by atoms with Crippen LogP contribution < -0.4 is 4.74 Å². The molecule has 1 aromatic carbocycles. The summed E-state index contributed by atoms with van der Waals surface area (Å²) in [6, 6.07) is 7.82. The Bertz CT molecular complexity index is 575. The van der Waals surface area contributed by atoms with Crippen LogP contribution in [0.1, 0.15) is 97.0 Å². The molecule has 0 bridgehead atoms. The minimum atomic E-state index is -1.21. The van der Waals surface area contributed by atoms with E-state index in [0.29, 0.717) is 5.75 Å². The molecule has 0 aliphatic carbocycles. The van der Waals surface area contributed by atoms with E-state index < -0.39 is 11.6 Å². The van der Waals surface area contributed by atoms with Crippen molar-refractivity contribution < 1.29 is 14.6 Å². The number of carbonyl (C=O) groups is 1. The first-order chi connectivity index (χ1) is 13.5. The van der Waals surface area contributed by atoms with Crippen LogP contribution >= 0.6 is 0 Å². The quantitative estimate of drug-likeness (QED) is 0.238. The zero-order valence-electron chi connectivity index (χ0n) is 18.2. The largest absolute Gasteiger partial charge is 0.478 e. The van der Waals surface area contributed by atoms with E-state index in [1.165, 1.54) is 76.2 Å². The Morgan fingerprint density at radius 2 is 1.57 bits per heavy atom. The SMILES string of the molecule is CCCCCC/C=C\CCCCCCCc1cccc(OC(C)(C)C(=O)O)c1. The first-order valence-electron chi connectivity index (χ1n) is 11.1. The van der Waals surface area contributed by atoms with Gasteiger partial charge in [-0.2, -0.15) is 0 Å². The van der Waals surface area contributed by atoms with Crippen molar-refractivity contribution >= 4 is 5.97 Å². The molecule has 0 aliphatic heterocycles. The Labute approximate surface area is 172 Å². The lowest BCUT2D eigenvalue weighted by molar-refractivity contribution is -0.152. The fourth-order valence-electron chi connectivity index (χ4n) is 3.15. The fraction of sp³-hybridized carbons (Fsp3) is 0.640. The van der Waals surface area contributed by atoms with Gasteiger partial charge in [-0.1, -0.05) is 69.7 Å². The number of carboxylic acids is 1. The third kappa shape index (κ3) is 11.2. The third-order valence-electron chi connectivity index (χ3n) is 5.01. The van der Waals surface area contributed by atoms with Gasteiger partial charge in [-0.3, -0.25) is 0 Å². The fourth-order valence-corrected chi connectivity index (χ4v) is 3.15. The van der Waals surface area contributed by atoms with Gasteiger partial charge >= 0.3 is 5.97 Å². The highest BCUT2D eigenvalue weighted by atomic mass is 16.5. The predicted octanol–water partition coefficient (Wildman–Crippen LogP) is 7.34. The monoisotopic (exact) mass is 388 g/mol. The van der Waals surface area contributed by atoms with Gasteiger partial charge in [-0.25, -0.2) is 4.79 Å². The zero-order chi connectivity index (χ0) is 20.7. The maximum absolute atomic E-state index is 11.2. The number of rotatable bonds is 16. The highest BCUT2D eigenvalue weighted by Gasteiger charge is 2.29. The van der Waals surface area contributed by atoms with Gasteiger partial charge in [0, 0.05) is 0 Å². The Morgan fingerprint density at radius 3 is 2.21 bits per heavy atom. The molecule has 0 unspecified atom stereocenters. The second-order valence-corrected chi connectivity index (χ2v) is 8.19. The molecule has 0 radical (unpaired) electrons. The molecule has 0 aliphatic rings. The number of aryl methyl sites for hydroxylation is 1. The van der Waals surface area contributed by atoms with E-state index in [1.807, 2.05) is 18.2 Å². The number of carboxylic acid groups (broad SMARTS) is 1. The van der Waals surface area contributed by atoms with Crippen molar-refractivity contribution in [3.05, 3.63) is 42.0 Å². The third-order valence-corrected chi connectivity index (χ3v) is 5.01. The van der Waals surface area contributed by atoms with E-state index in [2.05, 4.69) is 25.1 Å². The minimum absolute atomic E-state index is 0.631. The molecule has 1 N–H and O–H groups in total. The zero-order valence-corrected chi connectivity index (χ0v) is 18.2. The molecule has 0 atom stereocenters. The summed E-state index contributed by atoms with van der Waals surface area (Å²) < 4.78 is 5.62. The number of hydrogen-bond acceptors (Lipinski definition) is 2. The van der Waals surface area contributed by atoms with Crippen molar-refractivity contribution in [2.45, 2.75) is 103 Å². The normalized spacial score (nSPS) is 11.8. The van der Waals surface area contributed by atoms with Crippen LogP contribution in [0.4, 0.5) is 0 Å². The number of unbranched alkanes of at least 4 members (excludes halogenated alkanes) is 9. The lowest BCUT2D eigenvalue weighted by Crippen LogP contribution is -2.37. The van der Waals surface area contributed by atoms with Crippen LogP contribution in [0.15, 0.2) is 36.4 Å². The molecule has 0 saturated heterocycles. The van der Waals surface area contributed by atoms with Gasteiger partial charge in [-0.05, 0) is 70.1 Å². The lowest BCUT2D eigenvalue weighted by atomic mass is 10.0. The molecule has 3 nitrogen and oxygen atoms in total. The molecule has 3 heteroatoms. The molecule has 0 spiro atoms. The molecule has 1 rings (SSSR count). The molecule has 0 saturated carbocycles. The molecule has 0 amide bonds. The Kier molecular flexibility index (Phi) is 12.4. The highest BCUT2D eigenvalue weighted by molar-refractivity contribution is 5.76. The molecule has 158 valence electrons. The van der Waals surface area contributed by atoms with E-state index >= 15 is 0 Å². The van der Waals surface area contributed by atoms with E-state index in [-0.39, 0.29) is 0 Å². The second kappa shape index (κ2) is 14.3. The van der Waals surface area contributed by atoms with Crippen LogP contribution in [0.25, 0.3) is 0 Å². The van der Waals surface area contributed by atoms with Gasteiger partial charge in [0.1, 0.15) is 5.75 Å². The number of benzene rings is 1. The van der Waals surface area contributed by atoms with Crippen molar-refractivity contribution in [1.29, 1.82) is 0 Å². The van der Waals surface area contributed by atoms with Gasteiger partial charge in [0.15, 0.2) is 5.60 Å². The Balaban J connectivity index is 2.11. The summed E-state index contributed by atoms with van der Waals surface area (Å²) in [5.41, 5.74) is 0.00690. The Morgan fingerprint density at radius 1 is 0.964 bits per heavy atom. The van der Waals surface area contributed by atoms with Gasteiger partial charge in [0.2, 0.25) is 0 Å². The first kappa shape index (κ1) is 24.3. The highest BCUT2D eigenvalue weighted by Crippen LogP contribution is 2.21. The summed E-state index contributed by atoms with van der Waals surface area (Å²) in [6.45, 7) is 5.40. The summed E-state index contributed by atoms with van der Waals surface area (Å²) in [6.07, 6.45) is 19.9. The predicted molar refractivity (Wildman–Crippen MR) is 118 cm³/mol. The van der Waals surface area contributed by atoms with Crippen molar-refractivity contribution in [3.8, 4) is 5.75 Å². The number of hydrogen-bond donors (Lipinski definition) is 1. The maximum atomic E-state index is 11.2. The molecule has 28 heavy (non-hydrogen) atoms. The molecule has 1 aromatic rings. The molecular weight excluding hydrogens is 348 g/mol. The molecular formula is C25H40O3. The number of aliphatic carboxylic acids is 1. The molecule has 0 aromatic heterocycles. The number of allylic oxidation sites excluding steroid dienone is 2. The number of ether oxygens (including phenoxy) is 1. The van der Waals surface area contributed by atoms with Crippen LogP contribution in [0, 0.1) is 0 Å². The van der Waals surface area contributed by atoms with E-state index in [1.54, 1.807) is 13.8 Å². The summed E-state index contributed by atoms with van der Waals surface area (Å²) in [4.78, 5) is 11.2. The van der Waals surface area contributed by atoms with Crippen molar-refractivity contribution in [2.75, 3.05) is 0 Å². The maximum Gasteiger partial charge on any atom is 0.347 e. The van der Waals surface area contributed by atoms with E-state index in [4.69, 9.17) is 4.74 Å². The van der Waals surface area contributed by atoms with Crippen molar-refractivity contribution in [2.24, 2.45) is 0 Å². The van der Waals surface area contributed by atoms with Crippen LogP contribution in [0.5, 0.6) is 5.75 Å². The second-order valence-electron chi connectivity index (χ2n) is 8.19. The minimum Gasteiger partial charge on any atom is -0.478 e. The Hall–Kier alpha value is -1.77. The average Bonchev–Trinajstić information content (AvgIpc) is 2.65. The summed E-state index contributed by atoms with van der Waals surface area (Å²) in [5.74, 6) is -0.323. The first-order valence-corrected chi connectivity index (χ1v) is 11.1. The average molecular weight is 389 g/mol. The van der Waals surface area contributed by atoms with Crippen molar-refractivity contribution in [3.63, 3.8) is 0 Å². The van der Waals surface area contributed by atoms with Crippen LogP contribution in [0.3, 0.4) is 0 Å².